The van der Waals surface area contributed by atoms with Crippen LogP contribution < -0.4 is 5.73 Å². The van der Waals surface area contributed by atoms with Gasteiger partial charge in [-0.05, 0) is 30.9 Å². The number of aryl methyl sites for hydroxylation is 2. The van der Waals surface area contributed by atoms with Crippen molar-refractivity contribution in [3.63, 3.8) is 0 Å². The average molecular weight is 242 g/mol. The molecule has 0 aromatic carbocycles. The van der Waals surface area contributed by atoms with Crippen LogP contribution >= 0.6 is 0 Å². The van der Waals surface area contributed by atoms with E-state index in [4.69, 9.17) is 5.73 Å². The number of pyridine rings is 1. The molecule has 2 N–H and O–H groups in total. The Bertz CT molecular complexity index is 546. The minimum Gasteiger partial charge on any atom is -0.323 e. The largest absolute Gasteiger partial charge is 0.323 e. The smallest absolute Gasteiger partial charge is 0.0537 e. The molecule has 2 unspecified atom stereocenters. The summed E-state index contributed by atoms with van der Waals surface area (Å²) in [7, 11) is 1.92. The molecule has 2 heterocycles. The molecule has 3 rings (SSSR count). The summed E-state index contributed by atoms with van der Waals surface area (Å²) in [6.45, 7) is 0. The van der Waals surface area contributed by atoms with E-state index in [-0.39, 0.29) is 6.04 Å². The first-order chi connectivity index (χ1) is 8.75. The molecule has 0 fully saturated rings. The Labute approximate surface area is 107 Å². The minimum absolute atomic E-state index is 0.00681. The van der Waals surface area contributed by atoms with Crippen LogP contribution in [0.25, 0.3) is 0 Å². The van der Waals surface area contributed by atoms with Crippen molar-refractivity contribution in [2.24, 2.45) is 12.8 Å². The maximum absolute atomic E-state index is 6.40. The topological polar surface area (TPSA) is 56.7 Å². The molecule has 1 aliphatic carbocycles. The van der Waals surface area contributed by atoms with E-state index in [1.807, 2.05) is 31.7 Å². The van der Waals surface area contributed by atoms with E-state index in [0.717, 1.165) is 18.4 Å². The highest BCUT2D eigenvalue weighted by Gasteiger charge is 2.28. The van der Waals surface area contributed by atoms with Crippen molar-refractivity contribution in [1.82, 2.24) is 14.8 Å². The predicted octanol–water partition coefficient (Wildman–Crippen LogP) is 1.94. The maximum Gasteiger partial charge on any atom is 0.0537 e. The molecule has 2 aromatic rings. The normalized spacial score (nSPS) is 20.4. The van der Waals surface area contributed by atoms with Crippen molar-refractivity contribution in [1.29, 1.82) is 0 Å². The molecule has 0 amide bonds. The zero-order chi connectivity index (χ0) is 12.5. The van der Waals surface area contributed by atoms with Crippen molar-refractivity contribution < 1.29 is 0 Å². The van der Waals surface area contributed by atoms with Gasteiger partial charge in [0.25, 0.3) is 0 Å². The molecule has 2 atom stereocenters. The first kappa shape index (κ1) is 11.4. The molecule has 0 radical (unpaired) electrons. The number of hydrogen-bond acceptors (Lipinski definition) is 3. The van der Waals surface area contributed by atoms with Crippen LogP contribution in [0.1, 0.15) is 41.6 Å². The van der Waals surface area contributed by atoms with E-state index in [9.17, 15) is 0 Å². The Morgan fingerprint density at radius 1 is 1.50 bits per heavy atom. The van der Waals surface area contributed by atoms with Gasteiger partial charge in [-0.15, -0.1) is 0 Å². The van der Waals surface area contributed by atoms with Gasteiger partial charge in [0, 0.05) is 42.7 Å². The third kappa shape index (κ3) is 1.93. The van der Waals surface area contributed by atoms with Gasteiger partial charge in [0.1, 0.15) is 0 Å². The summed E-state index contributed by atoms with van der Waals surface area (Å²) in [5, 5.41) is 4.20. The lowest BCUT2D eigenvalue weighted by Gasteiger charge is -2.28. The molecule has 0 aliphatic heterocycles. The molecule has 18 heavy (non-hydrogen) atoms. The van der Waals surface area contributed by atoms with E-state index in [1.54, 1.807) is 4.68 Å². The summed E-state index contributed by atoms with van der Waals surface area (Å²) in [6, 6.07) is 4.18. The second-order valence-electron chi connectivity index (χ2n) is 5.02. The van der Waals surface area contributed by atoms with Gasteiger partial charge in [-0.1, -0.05) is 6.07 Å². The van der Waals surface area contributed by atoms with Crippen LogP contribution in [0.4, 0.5) is 0 Å². The van der Waals surface area contributed by atoms with Crippen LogP contribution in [0.2, 0.25) is 0 Å². The van der Waals surface area contributed by atoms with Crippen LogP contribution in [0, 0.1) is 0 Å². The predicted molar refractivity (Wildman–Crippen MR) is 70.1 cm³/mol. The number of nitrogens with zero attached hydrogens (tertiary/aromatic N) is 3. The lowest BCUT2D eigenvalue weighted by atomic mass is 9.80. The van der Waals surface area contributed by atoms with Gasteiger partial charge in [-0.2, -0.15) is 5.10 Å². The summed E-state index contributed by atoms with van der Waals surface area (Å²) in [4.78, 5) is 4.55. The number of nitrogens with two attached hydrogens (primary N) is 1. The second-order valence-corrected chi connectivity index (χ2v) is 5.02. The molecule has 2 aromatic heterocycles. The fourth-order valence-electron chi connectivity index (χ4n) is 2.84. The zero-order valence-corrected chi connectivity index (χ0v) is 10.6. The van der Waals surface area contributed by atoms with Crippen LogP contribution in [0.3, 0.4) is 0 Å². The Balaban J connectivity index is 1.94. The van der Waals surface area contributed by atoms with Gasteiger partial charge in [0.15, 0.2) is 0 Å². The Morgan fingerprint density at radius 3 is 3.17 bits per heavy atom. The number of fused-ring (bicyclic) bond motifs is 1. The standard InChI is InChI=1S/C14H18N4/c1-18-9-11(8-17-18)13(15)12-6-2-4-10-5-3-7-16-14(10)12/h3,5,7-9,12-13H,2,4,6,15H2,1H3. The molecule has 0 bridgehead atoms. The van der Waals surface area contributed by atoms with Gasteiger partial charge in [0.05, 0.1) is 6.20 Å². The van der Waals surface area contributed by atoms with Gasteiger partial charge in [-0.25, -0.2) is 0 Å². The van der Waals surface area contributed by atoms with Gasteiger partial charge in [0.2, 0.25) is 0 Å². The first-order valence-electron chi connectivity index (χ1n) is 6.43. The Hall–Kier alpha value is -1.68. The third-order valence-corrected chi connectivity index (χ3v) is 3.78. The average Bonchev–Trinajstić information content (AvgIpc) is 2.84. The Morgan fingerprint density at radius 2 is 2.39 bits per heavy atom. The molecular weight excluding hydrogens is 224 g/mol. The summed E-state index contributed by atoms with van der Waals surface area (Å²) in [5.41, 5.74) is 10.0. The highest BCUT2D eigenvalue weighted by atomic mass is 15.2. The summed E-state index contributed by atoms with van der Waals surface area (Å²) in [6.07, 6.45) is 9.16. The number of hydrogen-bond donors (Lipinski definition) is 1. The first-order valence-corrected chi connectivity index (χ1v) is 6.43. The lowest BCUT2D eigenvalue weighted by Crippen LogP contribution is -2.24. The van der Waals surface area contributed by atoms with Crippen LogP contribution in [0.5, 0.6) is 0 Å². The molecule has 0 saturated carbocycles. The van der Waals surface area contributed by atoms with Gasteiger partial charge >= 0.3 is 0 Å². The second kappa shape index (κ2) is 4.53. The van der Waals surface area contributed by atoms with Crippen LogP contribution in [0.15, 0.2) is 30.7 Å². The van der Waals surface area contributed by atoms with E-state index in [1.165, 1.54) is 17.7 Å². The zero-order valence-electron chi connectivity index (χ0n) is 10.6. The number of aromatic nitrogens is 3. The van der Waals surface area contributed by atoms with Crippen LogP contribution in [-0.2, 0) is 13.5 Å². The fourth-order valence-corrected chi connectivity index (χ4v) is 2.84. The third-order valence-electron chi connectivity index (χ3n) is 3.78. The van der Waals surface area contributed by atoms with Crippen molar-refractivity contribution >= 4 is 0 Å². The molecule has 1 aliphatic rings. The van der Waals surface area contributed by atoms with E-state index < -0.39 is 0 Å². The highest BCUT2D eigenvalue weighted by Crippen LogP contribution is 2.37. The maximum atomic E-state index is 6.40. The van der Waals surface area contributed by atoms with E-state index in [0.29, 0.717) is 5.92 Å². The van der Waals surface area contributed by atoms with Crippen molar-refractivity contribution in [2.75, 3.05) is 0 Å². The molecule has 0 saturated heterocycles. The molecule has 0 spiro atoms. The van der Waals surface area contributed by atoms with Crippen LogP contribution in [-0.4, -0.2) is 14.8 Å². The SMILES string of the molecule is Cn1cc(C(N)C2CCCc3cccnc32)cn1. The molecule has 4 heteroatoms. The minimum atomic E-state index is -0.00681. The monoisotopic (exact) mass is 242 g/mol. The highest BCUT2D eigenvalue weighted by molar-refractivity contribution is 5.29. The van der Waals surface area contributed by atoms with Crippen molar-refractivity contribution in [3.8, 4) is 0 Å². The summed E-state index contributed by atoms with van der Waals surface area (Å²) >= 11 is 0. The van der Waals surface area contributed by atoms with Gasteiger partial charge in [-0.3, -0.25) is 9.67 Å². The molecular formula is C14H18N4. The van der Waals surface area contributed by atoms with E-state index in [2.05, 4.69) is 16.1 Å². The quantitative estimate of drug-likeness (QED) is 0.875. The lowest BCUT2D eigenvalue weighted by molar-refractivity contribution is 0.462. The number of rotatable bonds is 2. The van der Waals surface area contributed by atoms with Gasteiger partial charge < -0.3 is 5.73 Å². The summed E-state index contributed by atoms with van der Waals surface area (Å²) in [5.74, 6) is 0.319. The Kier molecular flexibility index (Phi) is 2.88. The summed E-state index contributed by atoms with van der Waals surface area (Å²) < 4.78 is 1.80. The molecule has 94 valence electrons. The fraction of sp³-hybridized carbons (Fsp3) is 0.429. The van der Waals surface area contributed by atoms with Crippen molar-refractivity contribution in [2.45, 2.75) is 31.2 Å². The van der Waals surface area contributed by atoms with Crippen molar-refractivity contribution in [3.05, 3.63) is 47.5 Å². The van der Waals surface area contributed by atoms with E-state index >= 15 is 0 Å². The molecule has 4 nitrogen and oxygen atoms in total.